The Morgan fingerprint density at radius 3 is 2.70 bits per heavy atom. The molecule has 0 bridgehead atoms. The Morgan fingerprint density at radius 2 is 2.05 bits per heavy atom. The molecule has 0 radical (unpaired) electrons. The summed E-state index contributed by atoms with van der Waals surface area (Å²) in [4.78, 5) is 14.3. The summed E-state index contributed by atoms with van der Waals surface area (Å²) in [5, 5.41) is 13.8. The molecule has 0 saturated carbocycles. The first-order valence-corrected chi connectivity index (χ1v) is 6.63. The lowest BCUT2D eigenvalue weighted by molar-refractivity contribution is -0.384. The number of nitro benzene ring substituents is 1. The molecule has 0 aliphatic rings. The van der Waals surface area contributed by atoms with Crippen LogP contribution in [0.4, 0.5) is 15.8 Å². The van der Waals surface area contributed by atoms with Crippen molar-refractivity contribution in [2.75, 3.05) is 11.9 Å². The molecule has 0 atom stereocenters. The zero-order chi connectivity index (χ0) is 14.5. The summed E-state index contributed by atoms with van der Waals surface area (Å²) in [6.07, 6.45) is 4.02. The number of nitrogens with zero attached hydrogens (tertiary/aromatic N) is 2. The van der Waals surface area contributed by atoms with E-state index < -0.39 is 10.7 Å². The quantitative estimate of drug-likeness (QED) is 0.668. The highest BCUT2D eigenvalue weighted by atomic mass is 79.9. The van der Waals surface area contributed by atoms with Gasteiger partial charge in [0.2, 0.25) is 0 Å². The third kappa shape index (κ3) is 3.51. The Kier molecular flexibility index (Phi) is 4.62. The van der Waals surface area contributed by atoms with Crippen molar-refractivity contribution in [3.05, 3.63) is 62.6 Å². The van der Waals surface area contributed by atoms with Crippen molar-refractivity contribution in [1.29, 1.82) is 0 Å². The van der Waals surface area contributed by atoms with Crippen molar-refractivity contribution in [3.63, 3.8) is 0 Å². The summed E-state index contributed by atoms with van der Waals surface area (Å²) in [5.74, 6) is -0.540. The van der Waals surface area contributed by atoms with Crippen LogP contribution in [0.2, 0.25) is 0 Å². The molecule has 1 aromatic heterocycles. The van der Waals surface area contributed by atoms with E-state index in [-0.39, 0.29) is 15.8 Å². The Hall–Kier alpha value is -2.02. The fourth-order valence-electron chi connectivity index (χ4n) is 1.72. The minimum Gasteiger partial charge on any atom is -0.379 e. The van der Waals surface area contributed by atoms with Crippen molar-refractivity contribution >= 4 is 27.3 Å². The predicted molar refractivity (Wildman–Crippen MR) is 77.2 cm³/mol. The molecule has 0 fully saturated rings. The number of rotatable bonds is 5. The maximum absolute atomic E-state index is 13.5. The predicted octanol–water partition coefficient (Wildman–Crippen LogP) is 3.55. The van der Waals surface area contributed by atoms with Gasteiger partial charge in [0.15, 0.2) is 0 Å². The van der Waals surface area contributed by atoms with Gasteiger partial charge in [-0.25, -0.2) is 4.39 Å². The van der Waals surface area contributed by atoms with E-state index in [1.165, 1.54) is 0 Å². The van der Waals surface area contributed by atoms with Gasteiger partial charge in [-0.05, 0) is 40.0 Å². The number of anilines is 1. The summed E-state index contributed by atoms with van der Waals surface area (Å²) in [6, 6.07) is 6.00. The van der Waals surface area contributed by atoms with Crippen LogP contribution >= 0.6 is 15.9 Å². The first-order chi connectivity index (χ1) is 9.58. The first kappa shape index (κ1) is 14.4. The molecule has 20 heavy (non-hydrogen) atoms. The molecule has 0 aliphatic heterocycles. The maximum atomic E-state index is 13.5. The minimum absolute atomic E-state index is 0.0730. The van der Waals surface area contributed by atoms with Gasteiger partial charge < -0.3 is 5.32 Å². The van der Waals surface area contributed by atoms with Gasteiger partial charge >= 0.3 is 0 Å². The van der Waals surface area contributed by atoms with Crippen LogP contribution in [0.3, 0.4) is 0 Å². The lowest BCUT2D eigenvalue weighted by Gasteiger charge is -2.08. The molecule has 7 heteroatoms. The second-order valence-electron chi connectivity index (χ2n) is 4.07. The zero-order valence-electron chi connectivity index (χ0n) is 10.3. The number of halogens is 2. The minimum atomic E-state index is -0.543. The molecule has 0 aliphatic carbocycles. The summed E-state index contributed by atoms with van der Waals surface area (Å²) >= 11 is 2.94. The molecule has 0 amide bonds. The van der Waals surface area contributed by atoms with Crippen molar-refractivity contribution < 1.29 is 9.31 Å². The van der Waals surface area contributed by atoms with Gasteiger partial charge in [0.05, 0.1) is 9.40 Å². The molecule has 0 saturated heterocycles. The normalized spacial score (nSPS) is 10.3. The van der Waals surface area contributed by atoms with Crippen LogP contribution in [-0.4, -0.2) is 16.5 Å². The standard InChI is InChI=1S/C13H11BrFN3O2/c14-10-7-13(18(19)20)12(8-11(10)15)17-6-3-9-1-4-16-5-2-9/h1-2,4-5,7-8,17H,3,6H2. The van der Waals surface area contributed by atoms with Crippen molar-refractivity contribution in [1.82, 2.24) is 4.98 Å². The highest BCUT2D eigenvalue weighted by molar-refractivity contribution is 9.10. The molecule has 1 aromatic carbocycles. The Bertz CT molecular complexity index is 623. The molecule has 104 valence electrons. The van der Waals surface area contributed by atoms with Gasteiger partial charge in [-0.15, -0.1) is 0 Å². The van der Waals surface area contributed by atoms with Gasteiger partial charge in [-0.3, -0.25) is 15.1 Å². The first-order valence-electron chi connectivity index (χ1n) is 5.84. The van der Waals surface area contributed by atoms with E-state index >= 15 is 0 Å². The lowest BCUT2D eigenvalue weighted by atomic mass is 10.2. The molecule has 0 unspecified atom stereocenters. The molecular formula is C13H11BrFN3O2. The summed E-state index contributed by atoms with van der Waals surface area (Å²) in [6.45, 7) is 0.464. The maximum Gasteiger partial charge on any atom is 0.293 e. The van der Waals surface area contributed by atoms with Crippen molar-refractivity contribution in [3.8, 4) is 0 Å². The largest absolute Gasteiger partial charge is 0.379 e. The molecule has 0 spiro atoms. The summed E-state index contributed by atoms with van der Waals surface area (Å²) in [5.41, 5.74) is 1.06. The van der Waals surface area contributed by atoms with Gasteiger partial charge in [0, 0.05) is 31.1 Å². The molecule has 1 heterocycles. The third-order valence-electron chi connectivity index (χ3n) is 2.71. The van der Waals surface area contributed by atoms with E-state index in [0.717, 1.165) is 17.7 Å². The highest BCUT2D eigenvalue weighted by Crippen LogP contribution is 2.30. The van der Waals surface area contributed by atoms with Crippen LogP contribution < -0.4 is 5.32 Å². The molecular weight excluding hydrogens is 329 g/mol. The number of hydrogen-bond donors (Lipinski definition) is 1. The Morgan fingerprint density at radius 1 is 1.35 bits per heavy atom. The molecule has 2 rings (SSSR count). The fraction of sp³-hybridized carbons (Fsp3) is 0.154. The van der Waals surface area contributed by atoms with Crippen LogP contribution in [0.25, 0.3) is 0 Å². The van der Waals surface area contributed by atoms with Crippen LogP contribution in [0.5, 0.6) is 0 Å². The summed E-state index contributed by atoms with van der Waals surface area (Å²) in [7, 11) is 0. The van der Waals surface area contributed by atoms with E-state index in [0.29, 0.717) is 13.0 Å². The topological polar surface area (TPSA) is 68.1 Å². The van der Waals surface area contributed by atoms with Gasteiger partial charge in [-0.2, -0.15) is 0 Å². The van der Waals surface area contributed by atoms with E-state index in [1.807, 2.05) is 12.1 Å². The molecule has 1 N–H and O–H groups in total. The van der Waals surface area contributed by atoms with E-state index in [4.69, 9.17) is 0 Å². The fourth-order valence-corrected chi connectivity index (χ4v) is 2.05. The number of nitrogens with one attached hydrogen (secondary N) is 1. The van der Waals surface area contributed by atoms with Crippen LogP contribution in [-0.2, 0) is 6.42 Å². The number of benzene rings is 1. The number of nitro groups is 1. The lowest BCUT2D eigenvalue weighted by Crippen LogP contribution is -2.07. The van der Waals surface area contributed by atoms with Crippen molar-refractivity contribution in [2.45, 2.75) is 6.42 Å². The zero-order valence-corrected chi connectivity index (χ0v) is 11.9. The van der Waals surface area contributed by atoms with E-state index in [9.17, 15) is 14.5 Å². The van der Waals surface area contributed by atoms with Crippen molar-refractivity contribution in [2.24, 2.45) is 0 Å². The SMILES string of the molecule is O=[N+]([O-])c1cc(Br)c(F)cc1NCCc1ccncc1. The van der Waals surface area contributed by atoms with Crippen LogP contribution in [0, 0.1) is 15.9 Å². The summed E-state index contributed by atoms with van der Waals surface area (Å²) < 4.78 is 13.5. The van der Waals surface area contributed by atoms with E-state index in [2.05, 4.69) is 26.2 Å². The van der Waals surface area contributed by atoms with Gasteiger partial charge in [0.25, 0.3) is 5.69 Å². The average molecular weight is 340 g/mol. The second-order valence-corrected chi connectivity index (χ2v) is 4.93. The molecule has 2 aromatic rings. The average Bonchev–Trinajstić information content (AvgIpc) is 2.43. The Labute approximate surface area is 123 Å². The number of aromatic nitrogens is 1. The third-order valence-corrected chi connectivity index (χ3v) is 3.32. The Balaban J connectivity index is 2.09. The number of hydrogen-bond acceptors (Lipinski definition) is 4. The smallest absolute Gasteiger partial charge is 0.293 e. The van der Waals surface area contributed by atoms with Gasteiger partial charge in [-0.1, -0.05) is 0 Å². The van der Waals surface area contributed by atoms with Crippen LogP contribution in [0.15, 0.2) is 41.1 Å². The van der Waals surface area contributed by atoms with E-state index in [1.54, 1.807) is 12.4 Å². The highest BCUT2D eigenvalue weighted by Gasteiger charge is 2.17. The monoisotopic (exact) mass is 339 g/mol. The van der Waals surface area contributed by atoms with Gasteiger partial charge in [0.1, 0.15) is 11.5 Å². The number of pyridine rings is 1. The molecule has 5 nitrogen and oxygen atoms in total. The second kappa shape index (κ2) is 6.42. The van der Waals surface area contributed by atoms with Crippen LogP contribution in [0.1, 0.15) is 5.56 Å².